The van der Waals surface area contributed by atoms with Crippen LogP contribution in [0.1, 0.15) is 23.6 Å². The number of ether oxygens (including phenoxy) is 1. The molecule has 0 heterocycles. The first-order valence-corrected chi connectivity index (χ1v) is 7.05. The van der Waals surface area contributed by atoms with Crippen molar-refractivity contribution in [1.82, 2.24) is 0 Å². The van der Waals surface area contributed by atoms with E-state index in [0.29, 0.717) is 11.3 Å². The van der Waals surface area contributed by atoms with Gasteiger partial charge in [-0.2, -0.15) is 5.26 Å². The number of anilines is 1. The zero-order chi connectivity index (χ0) is 16.1. The van der Waals surface area contributed by atoms with Gasteiger partial charge in [-0.15, -0.1) is 0 Å². The maximum atomic E-state index is 12.3. The van der Waals surface area contributed by atoms with Crippen LogP contribution in [0.5, 0.6) is 5.75 Å². The third kappa shape index (κ3) is 3.64. The van der Waals surface area contributed by atoms with Crippen LogP contribution in [-0.4, -0.2) is 12.0 Å². The second-order valence-corrected chi connectivity index (χ2v) is 5.16. The van der Waals surface area contributed by atoms with E-state index >= 15 is 0 Å². The summed E-state index contributed by atoms with van der Waals surface area (Å²) in [6, 6.07) is 14.6. The number of nitrogens with one attached hydrogen (secondary N) is 1. The van der Waals surface area contributed by atoms with E-state index in [9.17, 15) is 4.79 Å². The van der Waals surface area contributed by atoms with Gasteiger partial charge in [-0.25, -0.2) is 0 Å². The van der Waals surface area contributed by atoms with Crippen molar-refractivity contribution < 1.29 is 9.53 Å². The summed E-state index contributed by atoms with van der Waals surface area (Å²) >= 11 is 0. The molecule has 1 atom stereocenters. The molecule has 2 aromatic carbocycles. The molecule has 112 valence electrons. The van der Waals surface area contributed by atoms with Crippen molar-refractivity contribution in [2.24, 2.45) is 0 Å². The smallest absolute Gasteiger partial charge is 0.265 e. The summed E-state index contributed by atoms with van der Waals surface area (Å²) in [5.74, 6) is 0.281. The lowest BCUT2D eigenvalue weighted by Crippen LogP contribution is -2.30. The molecular formula is C18H18N2O2. The molecule has 0 radical (unpaired) electrons. The quantitative estimate of drug-likeness (QED) is 0.937. The topological polar surface area (TPSA) is 62.1 Å². The van der Waals surface area contributed by atoms with Crippen LogP contribution in [-0.2, 0) is 4.79 Å². The van der Waals surface area contributed by atoms with E-state index in [1.165, 1.54) is 0 Å². The number of nitriles is 1. The molecule has 0 fully saturated rings. The summed E-state index contributed by atoms with van der Waals surface area (Å²) in [4.78, 5) is 12.3. The van der Waals surface area contributed by atoms with Crippen LogP contribution in [0.3, 0.4) is 0 Å². The Balaban J connectivity index is 2.08. The number of carbonyl (C=O) groups is 1. The molecule has 4 nitrogen and oxygen atoms in total. The number of amides is 1. The summed E-state index contributed by atoms with van der Waals surface area (Å²) in [5, 5.41) is 11.8. The summed E-state index contributed by atoms with van der Waals surface area (Å²) in [7, 11) is 0. The van der Waals surface area contributed by atoms with Gasteiger partial charge in [0.15, 0.2) is 6.10 Å². The molecule has 0 aliphatic heterocycles. The number of rotatable bonds is 4. The van der Waals surface area contributed by atoms with Crippen LogP contribution >= 0.6 is 0 Å². The van der Waals surface area contributed by atoms with Crippen LogP contribution in [0.4, 0.5) is 5.69 Å². The van der Waals surface area contributed by atoms with Crippen molar-refractivity contribution in [2.75, 3.05) is 5.32 Å². The number of benzene rings is 2. The first-order chi connectivity index (χ1) is 10.5. The van der Waals surface area contributed by atoms with Crippen LogP contribution in [0.2, 0.25) is 0 Å². The SMILES string of the molecule is Cc1cccc(C)c1NC(=O)C(C)Oc1cccc(C#N)c1. The monoisotopic (exact) mass is 294 g/mol. The Kier molecular flexibility index (Phi) is 4.80. The second kappa shape index (κ2) is 6.77. The van der Waals surface area contributed by atoms with Gasteiger partial charge in [0.1, 0.15) is 5.75 Å². The highest BCUT2D eigenvalue weighted by atomic mass is 16.5. The lowest BCUT2D eigenvalue weighted by molar-refractivity contribution is -0.122. The molecule has 0 saturated carbocycles. The Labute approximate surface area is 130 Å². The fraction of sp³-hybridized carbons (Fsp3) is 0.222. The van der Waals surface area contributed by atoms with E-state index in [2.05, 4.69) is 5.32 Å². The number of nitrogens with zero attached hydrogens (tertiary/aromatic N) is 1. The number of hydrogen-bond donors (Lipinski definition) is 1. The van der Waals surface area contributed by atoms with E-state index < -0.39 is 6.10 Å². The van der Waals surface area contributed by atoms with E-state index in [1.807, 2.05) is 38.1 Å². The average molecular weight is 294 g/mol. The Morgan fingerprint density at radius 3 is 2.45 bits per heavy atom. The van der Waals surface area contributed by atoms with Gasteiger partial charge in [0, 0.05) is 5.69 Å². The number of para-hydroxylation sites is 1. The predicted molar refractivity (Wildman–Crippen MR) is 85.8 cm³/mol. The zero-order valence-corrected chi connectivity index (χ0v) is 12.9. The van der Waals surface area contributed by atoms with Gasteiger partial charge in [0.25, 0.3) is 5.91 Å². The van der Waals surface area contributed by atoms with Gasteiger partial charge in [0.2, 0.25) is 0 Å². The number of hydrogen-bond acceptors (Lipinski definition) is 3. The minimum Gasteiger partial charge on any atom is -0.481 e. The minimum absolute atomic E-state index is 0.222. The lowest BCUT2D eigenvalue weighted by Gasteiger charge is -2.17. The maximum absolute atomic E-state index is 12.3. The predicted octanol–water partition coefficient (Wildman–Crippen LogP) is 3.58. The van der Waals surface area contributed by atoms with E-state index in [0.717, 1.165) is 16.8 Å². The van der Waals surface area contributed by atoms with Crippen molar-refractivity contribution in [1.29, 1.82) is 5.26 Å². The van der Waals surface area contributed by atoms with Crippen LogP contribution in [0.25, 0.3) is 0 Å². The van der Waals surface area contributed by atoms with Crippen molar-refractivity contribution in [3.8, 4) is 11.8 Å². The van der Waals surface area contributed by atoms with Gasteiger partial charge in [-0.05, 0) is 50.1 Å². The van der Waals surface area contributed by atoms with Crippen molar-refractivity contribution in [3.05, 3.63) is 59.2 Å². The molecular weight excluding hydrogens is 276 g/mol. The average Bonchev–Trinajstić information content (AvgIpc) is 2.51. The summed E-state index contributed by atoms with van der Waals surface area (Å²) in [5.41, 5.74) is 3.33. The molecule has 2 aromatic rings. The normalized spacial score (nSPS) is 11.4. The fourth-order valence-electron chi connectivity index (χ4n) is 2.13. The van der Waals surface area contributed by atoms with E-state index in [1.54, 1.807) is 31.2 Å². The first-order valence-electron chi connectivity index (χ1n) is 7.05. The van der Waals surface area contributed by atoms with E-state index in [4.69, 9.17) is 10.00 Å². The van der Waals surface area contributed by atoms with Gasteiger partial charge in [-0.3, -0.25) is 4.79 Å². The van der Waals surface area contributed by atoms with Gasteiger partial charge in [-0.1, -0.05) is 24.3 Å². The standard InChI is InChI=1S/C18H18N2O2/c1-12-6-4-7-13(2)17(12)20-18(21)14(3)22-16-9-5-8-15(10-16)11-19/h4-10,14H,1-3H3,(H,20,21). The highest BCUT2D eigenvalue weighted by Crippen LogP contribution is 2.20. The molecule has 0 saturated heterocycles. The van der Waals surface area contributed by atoms with Crippen molar-refractivity contribution in [3.63, 3.8) is 0 Å². The van der Waals surface area contributed by atoms with Gasteiger partial charge >= 0.3 is 0 Å². The molecule has 1 amide bonds. The molecule has 1 N–H and O–H groups in total. The molecule has 0 bridgehead atoms. The third-order valence-electron chi connectivity index (χ3n) is 3.37. The Morgan fingerprint density at radius 1 is 1.18 bits per heavy atom. The van der Waals surface area contributed by atoms with Crippen LogP contribution in [0.15, 0.2) is 42.5 Å². The summed E-state index contributed by atoms with van der Waals surface area (Å²) in [6.07, 6.45) is -0.659. The van der Waals surface area contributed by atoms with Gasteiger partial charge < -0.3 is 10.1 Å². The number of aryl methyl sites for hydroxylation is 2. The Hall–Kier alpha value is -2.80. The summed E-state index contributed by atoms with van der Waals surface area (Å²) < 4.78 is 5.61. The maximum Gasteiger partial charge on any atom is 0.265 e. The highest BCUT2D eigenvalue weighted by Gasteiger charge is 2.16. The molecule has 4 heteroatoms. The zero-order valence-electron chi connectivity index (χ0n) is 12.9. The van der Waals surface area contributed by atoms with Gasteiger partial charge in [0.05, 0.1) is 11.6 Å². The second-order valence-electron chi connectivity index (χ2n) is 5.16. The van der Waals surface area contributed by atoms with Crippen molar-refractivity contribution >= 4 is 11.6 Å². The molecule has 0 aromatic heterocycles. The Bertz CT molecular complexity index is 712. The fourth-order valence-corrected chi connectivity index (χ4v) is 2.13. The molecule has 0 aliphatic carbocycles. The summed E-state index contributed by atoms with van der Waals surface area (Å²) in [6.45, 7) is 5.58. The van der Waals surface area contributed by atoms with Crippen LogP contribution < -0.4 is 10.1 Å². The van der Waals surface area contributed by atoms with Crippen molar-refractivity contribution in [2.45, 2.75) is 26.9 Å². The molecule has 0 spiro atoms. The first kappa shape index (κ1) is 15.6. The molecule has 22 heavy (non-hydrogen) atoms. The number of carbonyl (C=O) groups excluding carboxylic acids is 1. The largest absolute Gasteiger partial charge is 0.481 e. The van der Waals surface area contributed by atoms with Crippen LogP contribution in [0, 0.1) is 25.2 Å². The molecule has 0 aliphatic rings. The van der Waals surface area contributed by atoms with E-state index in [-0.39, 0.29) is 5.91 Å². The molecule has 2 rings (SSSR count). The third-order valence-corrected chi connectivity index (χ3v) is 3.37. The Morgan fingerprint density at radius 2 is 1.82 bits per heavy atom. The minimum atomic E-state index is -0.659. The highest BCUT2D eigenvalue weighted by molar-refractivity contribution is 5.95. The lowest BCUT2D eigenvalue weighted by atomic mass is 10.1. The molecule has 1 unspecified atom stereocenters.